The fourth-order valence-corrected chi connectivity index (χ4v) is 17.4. The maximum Gasteiger partial charge on any atom is 0.426 e. The minimum absolute atomic E-state index is 0.120. The summed E-state index contributed by atoms with van der Waals surface area (Å²) < 4.78 is 637. The molecule has 0 aliphatic heterocycles. The van der Waals surface area contributed by atoms with Crippen molar-refractivity contribution in [1.82, 2.24) is 0 Å². The molecule has 0 aromatic rings. The summed E-state index contributed by atoms with van der Waals surface area (Å²) in [5, 5.41) is 60.9. The van der Waals surface area contributed by atoms with E-state index in [-0.39, 0.29) is 86.7 Å². The van der Waals surface area contributed by atoms with Crippen molar-refractivity contribution in [1.29, 1.82) is 0 Å². The molecule has 8 bridgehead atoms. The quantitative estimate of drug-likeness (QED) is 0.0133. The summed E-state index contributed by atoms with van der Waals surface area (Å²) in [6, 6.07) is 0. The van der Waals surface area contributed by atoms with Gasteiger partial charge in [0.25, 0.3) is 22.5 Å². The highest BCUT2D eigenvalue weighted by Crippen LogP contribution is 2.89. The van der Waals surface area contributed by atoms with Crippen LogP contribution < -0.4 is 21.0 Å². The van der Waals surface area contributed by atoms with Crippen LogP contribution in [0.5, 0.6) is 0 Å². The van der Waals surface area contributed by atoms with Crippen molar-refractivity contribution in [2.24, 2.45) is 17.8 Å². The van der Waals surface area contributed by atoms with Crippen molar-refractivity contribution in [3.8, 4) is 0 Å². The van der Waals surface area contributed by atoms with Gasteiger partial charge in [-0.1, -0.05) is 19.3 Å². The predicted molar refractivity (Wildman–Crippen MR) is 335 cm³/mol. The Bertz CT molecular complexity index is 3970. The predicted octanol–water partition coefficient (Wildman–Crippen LogP) is 15.6. The summed E-state index contributed by atoms with van der Waals surface area (Å²) in [5.41, 5.74) is -51.4. The van der Waals surface area contributed by atoms with E-state index >= 15 is 4.39 Å². The Balaban J connectivity index is 0.000000276. The number of alkyl halides is 43. The summed E-state index contributed by atoms with van der Waals surface area (Å²) in [4.78, 5) is 48.4. The first-order valence-electron chi connectivity index (χ1n) is 36.0. The topological polar surface area (TPSA) is 310 Å². The second-order valence-electron chi connectivity index (χ2n) is 33.3. The van der Waals surface area contributed by atoms with E-state index in [9.17, 15) is 230 Å². The molecule has 0 aromatic heterocycles. The van der Waals surface area contributed by atoms with Gasteiger partial charge >= 0.3 is 148 Å². The minimum Gasteiger partial charge on any atom is -0.691 e. The third-order valence-corrected chi connectivity index (χ3v) is 26.0. The molecule has 11 aliphatic rings. The summed E-state index contributed by atoms with van der Waals surface area (Å²) in [5.74, 6) is -126. The number of aliphatic hydroxyl groups is 1. The second-order valence-corrected chi connectivity index (χ2v) is 38.6. The van der Waals surface area contributed by atoms with Crippen LogP contribution >= 0.6 is 48.2 Å². The molecule has 11 rings (SSSR count). The molecule has 11 aliphatic carbocycles. The maximum atomic E-state index is 15.3. The third kappa shape index (κ3) is 16.4. The zero-order valence-corrected chi connectivity index (χ0v) is 69.7. The minimum atomic E-state index is -7.92. The van der Waals surface area contributed by atoms with Crippen molar-refractivity contribution in [3.63, 3.8) is 0 Å². The van der Waals surface area contributed by atoms with Crippen LogP contribution in [0.25, 0.3) is 0 Å². The number of hydrogen-bond acceptors (Lipinski definition) is 27. The van der Waals surface area contributed by atoms with Crippen molar-refractivity contribution in [2.45, 2.75) is 315 Å². The molecule has 0 amide bonds. The monoisotopic (exact) mass is 2130 g/mol. The van der Waals surface area contributed by atoms with Gasteiger partial charge in [-0.15, -0.1) is 0 Å². The molecule has 0 aromatic carbocycles. The average molecular weight is 2130 g/mol. The van der Waals surface area contributed by atoms with Gasteiger partial charge in [0.05, 0.1) is 18.8 Å². The fraction of sp³-hybridized carbons (Fsp3) is 0.937. The normalized spacial score (nSPS) is 32.4. The van der Waals surface area contributed by atoms with Crippen LogP contribution in [-0.4, -0.2) is 238 Å². The number of halogens is 43. The number of rotatable bonds is 30. The number of carbonyl (C=O) groups is 4. The molecule has 0 radical (unpaired) electrons. The zero-order chi connectivity index (χ0) is 104. The highest BCUT2D eigenvalue weighted by atomic mass is 32.2. The first-order valence-corrected chi connectivity index (χ1v) is 39.0. The Kier molecular flexibility index (Phi) is 31.5. The van der Waals surface area contributed by atoms with Crippen LogP contribution in [0.1, 0.15) is 132 Å². The molecule has 0 spiro atoms. The van der Waals surface area contributed by atoms with Gasteiger partial charge < -0.3 is 54.6 Å². The van der Waals surface area contributed by atoms with Gasteiger partial charge in [0, 0.05) is 61.0 Å². The van der Waals surface area contributed by atoms with E-state index in [1.807, 2.05) is 0 Å². The average Bonchev–Trinajstić information content (AvgIpc) is 0.585. The SMILES string of the molecule is CC(C)(SOO[O-])C(=O)OC(CC(O)(C(F)(F)F)C(F)(F)F)C1CCCCC1.CC(C)(SOO[O-])C(=O)OC12CC3CC(CC(OCC4(F)C(F)(F)C(F)(F)C(F)(F)C(F)(F)C4(F)F)(C3)C1)C2.CC(C)(SOO[O-])C(=O)OCC1(F)C(F)(F)C(F)(F)C(F)(F)C(F)(F)C1(F)F.CC(C)(SOO[O-])C(=O)OCCOC12C(F)(F)C3(F)C(F)(F)C(F)(C(F)(F)C(F)(C3(F)F)C1(F)F)C2(F)F. The van der Waals surface area contributed by atoms with Crippen LogP contribution in [0, 0.1) is 17.8 Å². The standard InChI is InChI=1S/C21H23F11O6S.C16H11F15O6S.C15H22F6O6S.C11H9F11O5S/c1-13(2,39-38-37-34)12(33)36-15-6-10-3-11(7-15)5-14(4-10,8-15)35-9-16(22)17(23,24)19(27,28)21(31,32)20(29,30)18(16,25)26;1-6(2,38-37-36-33)5(32)34-3-4-35-10-14(26,27)7(17)11(20,21)8(18,15(10,28)29)13(24,25)9(19,12(7,22)23)16(10,30)31;1-12(2,28-27-26-24)11(22)25-10(9-6-4-3-5-7-9)8-13(23,14(16,17)18)15(19,20)21;1-5(2,28-27-26-24)4(23)25-3-6(12)7(13,14)9(17,18)11(21,22)10(19,20)8(6,15)16/h10-11,34H,3-9H2,1-2H3;33H,3-4H2,1-2H3;9-10,23-24H,3-8H2,1-2H3;24H,3H2,1-2H3/p-4. The first-order chi connectivity index (χ1) is 59.0. The Morgan fingerprint density at radius 3 is 0.955 bits per heavy atom. The van der Waals surface area contributed by atoms with Crippen molar-refractivity contribution in [2.75, 3.05) is 26.4 Å². The fourth-order valence-electron chi connectivity index (χ4n) is 16.1. The van der Waals surface area contributed by atoms with Crippen molar-refractivity contribution >= 4 is 72.0 Å². The molecule has 3 unspecified atom stereocenters. The van der Waals surface area contributed by atoms with Gasteiger partial charge in [0.1, 0.15) is 43.9 Å². The Labute approximate surface area is 729 Å². The highest BCUT2D eigenvalue weighted by molar-refractivity contribution is 7.97. The van der Waals surface area contributed by atoms with Crippen LogP contribution in [0.4, 0.5) is 189 Å². The van der Waals surface area contributed by atoms with E-state index in [4.69, 9.17) is 14.2 Å². The number of hydrogen-bond donors (Lipinski definition) is 1. The molecule has 11 fully saturated rings. The summed E-state index contributed by atoms with van der Waals surface area (Å²) >= 11 is 0.0988. The van der Waals surface area contributed by atoms with Gasteiger partial charge in [0.15, 0.2) is 0 Å². The lowest BCUT2D eigenvalue weighted by atomic mass is 9.40. The van der Waals surface area contributed by atoms with Gasteiger partial charge in [0.2, 0.25) is 0 Å². The Morgan fingerprint density at radius 2 is 0.639 bits per heavy atom. The van der Waals surface area contributed by atoms with E-state index in [0.717, 1.165) is 34.1 Å². The second kappa shape index (κ2) is 35.7. The molecular weight excluding hydrogens is 2070 g/mol. The Morgan fingerprint density at radius 1 is 0.353 bits per heavy atom. The van der Waals surface area contributed by atoms with E-state index in [1.54, 1.807) is 0 Å². The molecule has 23 nitrogen and oxygen atoms in total. The Hall–Kier alpha value is -4.33. The summed E-state index contributed by atoms with van der Waals surface area (Å²) in [6.45, 7) is -2.02. The number of ether oxygens (including phenoxy) is 6. The molecule has 70 heteroatoms. The maximum absolute atomic E-state index is 15.3. The molecular formula is C63H61F43O23S4-4. The lowest BCUT2D eigenvalue weighted by molar-refractivity contribution is -0.777. The van der Waals surface area contributed by atoms with Crippen molar-refractivity contribution in [3.05, 3.63) is 0 Å². The van der Waals surface area contributed by atoms with E-state index < -0.39 is 264 Å². The van der Waals surface area contributed by atoms with Gasteiger partial charge in [-0.25, -0.2) is 22.0 Å². The van der Waals surface area contributed by atoms with Gasteiger partial charge in [-0.2, -0.15) is 184 Å². The zero-order valence-electron chi connectivity index (χ0n) is 66.4. The molecule has 1 N–H and O–H groups in total. The van der Waals surface area contributed by atoms with Gasteiger partial charge in [-0.3, -0.25) is 39.3 Å². The number of esters is 4. The smallest absolute Gasteiger partial charge is 0.426 e. The third-order valence-electron chi connectivity index (χ3n) is 23.2. The molecule has 0 saturated heterocycles. The molecule has 11 saturated carbocycles. The van der Waals surface area contributed by atoms with E-state index in [0.29, 0.717) is 19.3 Å². The van der Waals surface area contributed by atoms with Crippen LogP contribution in [-0.2, 0) is 85.1 Å². The lowest BCUT2D eigenvalue weighted by Gasteiger charge is -2.74. The van der Waals surface area contributed by atoms with Crippen molar-refractivity contribution < 1.29 is 300 Å². The summed E-state index contributed by atoms with van der Waals surface area (Å²) in [7, 11) is 0. The van der Waals surface area contributed by atoms with Crippen LogP contribution in [0.2, 0.25) is 0 Å². The van der Waals surface area contributed by atoms with E-state index in [2.05, 4.69) is 51.7 Å². The van der Waals surface area contributed by atoms with Gasteiger partial charge in [-0.05, 0) is 118 Å². The van der Waals surface area contributed by atoms with Crippen LogP contribution in [0.15, 0.2) is 0 Å². The van der Waals surface area contributed by atoms with Crippen LogP contribution in [0.3, 0.4) is 0 Å². The molecule has 0 heterocycles. The first kappa shape index (κ1) is 117. The van der Waals surface area contributed by atoms with E-state index in [1.165, 1.54) is 27.7 Å². The lowest BCUT2D eigenvalue weighted by Crippen LogP contribution is -3.10. The molecule has 3 atom stereocenters. The summed E-state index contributed by atoms with van der Waals surface area (Å²) in [6.07, 6.45) is -13.3. The molecule has 780 valence electrons. The largest absolute Gasteiger partial charge is 0.691 e. The highest BCUT2D eigenvalue weighted by Gasteiger charge is 3.23. The molecule has 133 heavy (non-hydrogen) atoms. The number of carbonyl (C=O) groups excluding carboxylic acids is 4.